The highest BCUT2D eigenvalue weighted by Crippen LogP contribution is 2.53. The van der Waals surface area contributed by atoms with Crippen LogP contribution in [0.4, 0.5) is 0 Å². The van der Waals surface area contributed by atoms with Crippen molar-refractivity contribution in [2.45, 2.75) is 49.3 Å². The van der Waals surface area contributed by atoms with Crippen LogP contribution in [0.2, 0.25) is 10.0 Å². The Bertz CT molecular complexity index is 1090. The zero-order chi connectivity index (χ0) is 21.4. The molecule has 2 heterocycles. The molecule has 0 bridgehead atoms. The molecule has 0 saturated heterocycles. The lowest BCUT2D eigenvalue weighted by atomic mass is 10.1. The van der Waals surface area contributed by atoms with E-state index < -0.39 is 0 Å². The Hall–Kier alpha value is -1.40. The van der Waals surface area contributed by atoms with Gasteiger partial charge in [0.15, 0.2) is 0 Å². The summed E-state index contributed by atoms with van der Waals surface area (Å²) in [4.78, 5) is 28.4. The fourth-order valence-electron chi connectivity index (χ4n) is 3.48. The van der Waals surface area contributed by atoms with Gasteiger partial charge in [-0.1, -0.05) is 72.9 Å². The molecule has 0 atom stereocenters. The van der Waals surface area contributed by atoms with Crippen LogP contribution >= 0.6 is 46.7 Å². The molecule has 2 aromatic carbocycles. The lowest BCUT2D eigenvalue weighted by molar-refractivity contribution is 0.101. The lowest BCUT2D eigenvalue weighted by Crippen LogP contribution is -2.03. The number of rotatable bonds is 6. The number of benzene rings is 2. The van der Waals surface area contributed by atoms with Crippen LogP contribution in [0.1, 0.15) is 58.9 Å². The van der Waals surface area contributed by atoms with Gasteiger partial charge in [-0.15, -0.1) is 0 Å². The Labute approximate surface area is 194 Å². The summed E-state index contributed by atoms with van der Waals surface area (Å²) in [6.45, 7) is 4.65. The van der Waals surface area contributed by atoms with Crippen molar-refractivity contribution in [3.05, 3.63) is 60.8 Å². The maximum atomic E-state index is 13.2. The van der Waals surface area contributed by atoms with E-state index in [4.69, 9.17) is 27.9 Å². The zero-order valence-electron chi connectivity index (χ0n) is 16.6. The van der Waals surface area contributed by atoms with E-state index in [9.17, 15) is 9.59 Å². The molecule has 0 spiro atoms. The van der Waals surface area contributed by atoms with Crippen molar-refractivity contribution >= 4 is 58.3 Å². The first kappa shape index (κ1) is 21.8. The molecular weight excluding hydrogens is 459 g/mol. The summed E-state index contributed by atoms with van der Waals surface area (Å²) in [6.07, 6.45) is 4.42. The van der Waals surface area contributed by atoms with Gasteiger partial charge in [0.2, 0.25) is 11.6 Å². The highest BCUT2D eigenvalue weighted by Gasteiger charge is 2.38. The molecule has 0 radical (unpaired) electrons. The average molecular weight is 479 g/mol. The molecule has 2 aliphatic rings. The van der Waals surface area contributed by atoms with E-state index in [1.54, 1.807) is 12.1 Å². The molecule has 0 unspecified atom stereocenters. The Morgan fingerprint density at radius 1 is 0.833 bits per heavy atom. The minimum atomic E-state index is -0.190. The summed E-state index contributed by atoms with van der Waals surface area (Å²) in [7, 11) is 0. The third kappa shape index (κ3) is 4.05. The second-order valence-corrected chi connectivity index (χ2v) is 10.2. The lowest BCUT2D eigenvalue weighted by Gasteiger charge is -2.08. The first-order valence-corrected chi connectivity index (χ1v) is 12.3. The van der Waals surface area contributed by atoms with Crippen LogP contribution in [0, 0.1) is 6.92 Å². The standard InChI is InChI=1S/C23H20Cl2O3S2/c1-3-4-5-6-7-28-13-10-15-19(27)23(30-21(15)17(25)11-13)22-18(26)14-8-12(2)9-16(24)20(14)29-22/h8-11H,3-7H2,1-2H3/b23-22+. The van der Waals surface area contributed by atoms with Crippen molar-refractivity contribution in [3.8, 4) is 5.75 Å². The maximum Gasteiger partial charge on any atom is 0.202 e. The number of allylic oxidation sites excluding steroid dienone is 2. The number of carbonyl (C=O) groups excluding carboxylic acids is 2. The molecule has 0 aromatic heterocycles. The van der Waals surface area contributed by atoms with E-state index in [1.807, 2.05) is 19.1 Å². The summed E-state index contributed by atoms with van der Waals surface area (Å²) < 4.78 is 5.82. The largest absolute Gasteiger partial charge is 0.494 e. The van der Waals surface area contributed by atoms with Gasteiger partial charge in [-0.25, -0.2) is 0 Å². The third-order valence-electron chi connectivity index (χ3n) is 4.99. The van der Waals surface area contributed by atoms with Crippen LogP contribution in [0.3, 0.4) is 0 Å². The number of ether oxygens (including phenoxy) is 1. The van der Waals surface area contributed by atoms with Gasteiger partial charge in [-0.05, 0) is 43.2 Å². The third-order valence-corrected chi connectivity index (χ3v) is 8.41. The van der Waals surface area contributed by atoms with Gasteiger partial charge in [0.1, 0.15) is 5.75 Å². The molecule has 4 rings (SSSR count). The number of carbonyl (C=O) groups is 2. The van der Waals surface area contributed by atoms with E-state index >= 15 is 0 Å². The Morgan fingerprint density at radius 2 is 1.43 bits per heavy atom. The number of unbranched alkanes of at least 4 members (excludes halogenated alkanes) is 3. The number of Topliss-reactive ketones (excluding diaryl/α,β-unsaturated/α-hetero) is 2. The van der Waals surface area contributed by atoms with Crippen molar-refractivity contribution < 1.29 is 14.3 Å². The van der Waals surface area contributed by atoms with Gasteiger partial charge in [0.25, 0.3) is 0 Å². The van der Waals surface area contributed by atoms with Gasteiger partial charge in [-0.3, -0.25) is 9.59 Å². The molecule has 3 nitrogen and oxygen atoms in total. The first-order chi connectivity index (χ1) is 14.4. The first-order valence-electron chi connectivity index (χ1n) is 9.86. The number of hydrogen-bond donors (Lipinski definition) is 0. The molecular formula is C23H20Cl2O3S2. The fourth-order valence-corrected chi connectivity index (χ4v) is 6.47. The van der Waals surface area contributed by atoms with Gasteiger partial charge in [0.05, 0.1) is 26.5 Å². The molecule has 7 heteroatoms. The number of halogens is 2. The minimum Gasteiger partial charge on any atom is -0.494 e. The molecule has 0 aliphatic carbocycles. The monoisotopic (exact) mass is 478 g/mol. The van der Waals surface area contributed by atoms with Crippen molar-refractivity contribution in [2.75, 3.05) is 6.61 Å². The smallest absolute Gasteiger partial charge is 0.202 e. The Morgan fingerprint density at radius 3 is 2.07 bits per heavy atom. The molecule has 156 valence electrons. The highest BCUT2D eigenvalue weighted by atomic mass is 35.5. The van der Waals surface area contributed by atoms with Crippen molar-refractivity contribution in [3.63, 3.8) is 0 Å². The minimum absolute atomic E-state index is 0.159. The Kier molecular flexibility index (Phi) is 6.54. The Balaban J connectivity index is 1.61. The van der Waals surface area contributed by atoms with Crippen molar-refractivity contribution in [1.82, 2.24) is 0 Å². The zero-order valence-corrected chi connectivity index (χ0v) is 19.8. The summed E-state index contributed by atoms with van der Waals surface area (Å²) in [5, 5.41) is 0.996. The topological polar surface area (TPSA) is 43.4 Å². The molecule has 0 N–H and O–H groups in total. The van der Waals surface area contributed by atoms with Crippen LogP contribution in [0.5, 0.6) is 5.75 Å². The fraction of sp³-hybridized carbons (Fsp3) is 0.304. The van der Waals surface area contributed by atoms with E-state index in [0.29, 0.717) is 53.1 Å². The van der Waals surface area contributed by atoms with Gasteiger partial charge < -0.3 is 4.74 Å². The molecule has 0 amide bonds. The molecule has 0 saturated carbocycles. The molecule has 2 aliphatic heterocycles. The molecule has 2 aromatic rings. The number of thioether (sulfide) groups is 2. The quantitative estimate of drug-likeness (QED) is 0.313. The van der Waals surface area contributed by atoms with Crippen LogP contribution in [0.25, 0.3) is 0 Å². The predicted molar refractivity (Wildman–Crippen MR) is 125 cm³/mol. The number of hydrogen-bond acceptors (Lipinski definition) is 5. The second-order valence-electron chi connectivity index (χ2n) is 7.33. The average Bonchev–Trinajstić information content (AvgIpc) is 3.20. The van der Waals surface area contributed by atoms with Crippen LogP contribution in [-0.4, -0.2) is 18.2 Å². The summed E-state index contributed by atoms with van der Waals surface area (Å²) in [6, 6.07) is 7.12. The number of ketones is 2. The second kappa shape index (κ2) is 8.99. The highest BCUT2D eigenvalue weighted by molar-refractivity contribution is 8.08. The SMILES string of the molecule is CCCCCCOc1cc(Cl)c2c(c1)C(=O)/C(=C1\Sc3c(Cl)cc(C)cc3C1=O)S2. The van der Waals surface area contributed by atoms with Crippen LogP contribution in [-0.2, 0) is 0 Å². The van der Waals surface area contributed by atoms with Gasteiger partial charge in [0, 0.05) is 20.9 Å². The summed E-state index contributed by atoms with van der Waals surface area (Å²) in [5.41, 5.74) is 1.96. The molecule has 0 fully saturated rings. The van der Waals surface area contributed by atoms with Crippen molar-refractivity contribution in [2.24, 2.45) is 0 Å². The van der Waals surface area contributed by atoms with E-state index in [0.717, 1.165) is 18.4 Å². The van der Waals surface area contributed by atoms with E-state index in [2.05, 4.69) is 6.92 Å². The maximum absolute atomic E-state index is 13.2. The van der Waals surface area contributed by atoms with Gasteiger partial charge in [-0.2, -0.15) is 0 Å². The van der Waals surface area contributed by atoms with E-state index in [-0.39, 0.29) is 11.6 Å². The van der Waals surface area contributed by atoms with Crippen molar-refractivity contribution in [1.29, 1.82) is 0 Å². The van der Waals surface area contributed by atoms with Crippen LogP contribution < -0.4 is 4.74 Å². The number of aryl methyl sites for hydroxylation is 1. The normalized spacial score (nSPS) is 17.5. The molecule has 30 heavy (non-hydrogen) atoms. The van der Waals surface area contributed by atoms with E-state index in [1.165, 1.54) is 36.4 Å². The van der Waals surface area contributed by atoms with Crippen LogP contribution in [0.15, 0.2) is 43.9 Å². The summed E-state index contributed by atoms with van der Waals surface area (Å²) in [5.74, 6) is 0.236. The summed E-state index contributed by atoms with van der Waals surface area (Å²) >= 11 is 15.3. The predicted octanol–water partition coefficient (Wildman–Crippen LogP) is 7.75. The number of fused-ring (bicyclic) bond motifs is 2. The van der Waals surface area contributed by atoms with Gasteiger partial charge >= 0.3 is 0 Å².